The Kier molecular flexibility index (Phi) is 2.28. The van der Waals surface area contributed by atoms with Gasteiger partial charge in [-0.25, -0.2) is 4.98 Å². The third kappa shape index (κ3) is 1.57. The molecule has 66 valence electrons. The van der Waals surface area contributed by atoms with Crippen LogP contribution in [0.2, 0.25) is 0 Å². The Hall–Kier alpha value is -0.940. The van der Waals surface area contributed by atoms with Crippen LogP contribution in [0, 0.1) is 0 Å². The third-order valence-electron chi connectivity index (χ3n) is 1.55. The van der Waals surface area contributed by atoms with Crippen molar-refractivity contribution >= 4 is 33.6 Å². The highest BCUT2D eigenvalue weighted by atomic mass is 79.9. The van der Waals surface area contributed by atoms with Crippen LogP contribution in [0.25, 0.3) is 10.7 Å². The van der Waals surface area contributed by atoms with Gasteiger partial charge in [-0.2, -0.15) is 0 Å². The summed E-state index contributed by atoms with van der Waals surface area (Å²) >= 11 is 4.97. The van der Waals surface area contributed by atoms with Crippen molar-refractivity contribution in [3.8, 4) is 10.7 Å². The fourth-order valence-corrected chi connectivity index (χ4v) is 2.49. The number of rotatable bonds is 2. The molecule has 2 rings (SSSR count). The molecule has 0 atom stereocenters. The van der Waals surface area contributed by atoms with Crippen molar-refractivity contribution in [2.24, 2.45) is 0 Å². The highest BCUT2D eigenvalue weighted by molar-refractivity contribution is 9.10. The molecule has 3 nitrogen and oxygen atoms in total. The molecule has 0 aliphatic rings. The first-order valence-corrected chi connectivity index (χ1v) is 5.22. The largest absolute Gasteiger partial charge is 0.343 e. The summed E-state index contributed by atoms with van der Waals surface area (Å²) in [5, 5.41) is 1.96. The fraction of sp³-hybridized carbons (Fsp3) is 0. The number of aromatic nitrogens is 2. The Bertz CT molecular complexity index is 435. The van der Waals surface area contributed by atoms with E-state index in [2.05, 4.69) is 25.9 Å². The molecule has 0 bridgehead atoms. The number of carbonyl (C=O) groups is 1. The number of halogens is 1. The topological polar surface area (TPSA) is 45.8 Å². The Morgan fingerprint density at radius 2 is 2.46 bits per heavy atom. The van der Waals surface area contributed by atoms with E-state index >= 15 is 0 Å². The molecule has 0 radical (unpaired) electrons. The number of aldehydes is 1. The lowest BCUT2D eigenvalue weighted by atomic mass is 10.4. The lowest BCUT2D eigenvalue weighted by Crippen LogP contribution is -1.78. The molecule has 1 N–H and O–H groups in total. The Balaban J connectivity index is 2.46. The lowest BCUT2D eigenvalue weighted by molar-refractivity contribution is 0.111. The van der Waals surface area contributed by atoms with Crippen LogP contribution in [-0.2, 0) is 0 Å². The highest BCUT2D eigenvalue weighted by Gasteiger charge is 2.07. The maximum absolute atomic E-state index is 10.4. The Morgan fingerprint density at radius 3 is 3.00 bits per heavy atom. The molecule has 2 aromatic rings. The quantitative estimate of drug-likeness (QED) is 0.841. The van der Waals surface area contributed by atoms with Crippen LogP contribution < -0.4 is 0 Å². The first kappa shape index (κ1) is 8.65. The van der Waals surface area contributed by atoms with Crippen molar-refractivity contribution in [2.75, 3.05) is 0 Å². The van der Waals surface area contributed by atoms with Crippen LogP contribution in [0.4, 0.5) is 0 Å². The molecule has 2 aromatic heterocycles. The van der Waals surface area contributed by atoms with Gasteiger partial charge in [0.05, 0.1) is 4.88 Å². The van der Waals surface area contributed by atoms with E-state index in [0.29, 0.717) is 5.69 Å². The molecule has 2 heterocycles. The van der Waals surface area contributed by atoms with E-state index < -0.39 is 0 Å². The number of carbonyl (C=O) groups excluding carboxylic acids is 1. The van der Waals surface area contributed by atoms with Gasteiger partial charge >= 0.3 is 0 Å². The zero-order valence-electron chi connectivity index (χ0n) is 6.45. The van der Waals surface area contributed by atoms with E-state index in [0.717, 1.165) is 21.5 Å². The first-order chi connectivity index (χ1) is 6.31. The van der Waals surface area contributed by atoms with Crippen molar-refractivity contribution in [1.82, 2.24) is 9.97 Å². The summed E-state index contributed by atoms with van der Waals surface area (Å²) in [4.78, 5) is 18.4. The Morgan fingerprint density at radius 1 is 1.62 bits per heavy atom. The van der Waals surface area contributed by atoms with Crippen LogP contribution in [-0.4, -0.2) is 16.3 Å². The van der Waals surface area contributed by atoms with Gasteiger partial charge in [-0.15, -0.1) is 11.3 Å². The number of hydrogen-bond donors (Lipinski definition) is 1. The minimum absolute atomic E-state index is 0.426. The molecule has 0 unspecified atom stereocenters. The van der Waals surface area contributed by atoms with Crippen LogP contribution in [0.1, 0.15) is 10.5 Å². The zero-order chi connectivity index (χ0) is 9.26. The second kappa shape index (κ2) is 3.43. The molecule has 0 fully saturated rings. The fourth-order valence-electron chi connectivity index (χ4n) is 0.975. The molecule has 0 aliphatic heterocycles. The number of thiophene rings is 1. The summed E-state index contributed by atoms with van der Waals surface area (Å²) in [6.07, 6.45) is 2.32. The van der Waals surface area contributed by atoms with E-state index in [1.54, 1.807) is 17.5 Å². The predicted molar refractivity (Wildman–Crippen MR) is 55.0 cm³/mol. The van der Waals surface area contributed by atoms with Crippen molar-refractivity contribution in [3.05, 3.63) is 27.8 Å². The molecule has 0 aromatic carbocycles. The van der Waals surface area contributed by atoms with Gasteiger partial charge < -0.3 is 4.98 Å². The van der Waals surface area contributed by atoms with Gasteiger partial charge in [0.25, 0.3) is 0 Å². The monoisotopic (exact) mass is 256 g/mol. The van der Waals surface area contributed by atoms with Gasteiger partial charge in [-0.05, 0) is 27.4 Å². The summed E-state index contributed by atoms with van der Waals surface area (Å²) in [5.74, 6) is 0.726. The summed E-state index contributed by atoms with van der Waals surface area (Å²) in [5.41, 5.74) is 0.426. The van der Waals surface area contributed by atoms with Gasteiger partial charge in [0, 0.05) is 10.7 Å². The van der Waals surface area contributed by atoms with Gasteiger partial charge in [-0.1, -0.05) is 0 Å². The minimum atomic E-state index is 0.426. The normalized spacial score (nSPS) is 10.2. The molecule has 5 heteroatoms. The van der Waals surface area contributed by atoms with Crippen molar-refractivity contribution in [3.63, 3.8) is 0 Å². The molecule has 0 spiro atoms. The van der Waals surface area contributed by atoms with E-state index in [9.17, 15) is 4.79 Å². The van der Waals surface area contributed by atoms with E-state index in [1.165, 1.54) is 0 Å². The van der Waals surface area contributed by atoms with E-state index in [1.807, 2.05) is 11.4 Å². The number of H-pyrrole nitrogens is 1. The summed E-state index contributed by atoms with van der Waals surface area (Å²) in [6, 6.07) is 1.95. The van der Waals surface area contributed by atoms with E-state index in [-0.39, 0.29) is 0 Å². The maximum Gasteiger partial charge on any atom is 0.170 e. The average molecular weight is 257 g/mol. The van der Waals surface area contributed by atoms with Crippen LogP contribution in [0.5, 0.6) is 0 Å². The maximum atomic E-state index is 10.4. The molecular weight excluding hydrogens is 252 g/mol. The average Bonchev–Trinajstić information content (AvgIpc) is 2.71. The molecular formula is C8H5BrN2OS. The Labute approximate surface area is 87.0 Å². The minimum Gasteiger partial charge on any atom is -0.343 e. The van der Waals surface area contributed by atoms with Crippen molar-refractivity contribution in [1.29, 1.82) is 0 Å². The van der Waals surface area contributed by atoms with Gasteiger partial charge in [0.2, 0.25) is 0 Å². The van der Waals surface area contributed by atoms with Gasteiger partial charge in [0.15, 0.2) is 6.29 Å². The SMILES string of the molecule is O=Cc1c[nH]c(-c2sccc2Br)n1. The second-order valence-electron chi connectivity index (χ2n) is 2.39. The molecule has 0 saturated heterocycles. The van der Waals surface area contributed by atoms with Crippen molar-refractivity contribution < 1.29 is 4.79 Å². The lowest BCUT2D eigenvalue weighted by Gasteiger charge is -1.90. The number of nitrogens with zero attached hydrogens (tertiary/aromatic N) is 1. The predicted octanol–water partition coefficient (Wildman–Crippen LogP) is 2.71. The van der Waals surface area contributed by atoms with Crippen LogP contribution in [0.15, 0.2) is 22.1 Å². The molecule has 0 aliphatic carbocycles. The smallest absolute Gasteiger partial charge is 0.170 e. The van der Waals surface area contributed by atoms with Crippen LogP contribution in [0.3, 0.4) is 0 Å². The zero-order valence-corrected chi connectivity index (χ0v) is 8.85. The first-order valence-electron chi connectivity index (χ1n) is 3.55. The second-order valence-corrected chi connectivity index (χ2v) is 4.16. The summed E-state index contributed by atoms with van der Waals surface area (Å²) < 4.78 is 0.990. The molecule has 0 amide bonds. The summed E-state index contributed by atoms with van der Waals surface area (Å²) in [6.45, 7) is 0. The highest BCUT2D eigenvalue weighted by Crippen LogP contribution is 2.31. The third-order valence-corrected chi connectivity index (χ3v) is 3.40. The standard InChI is InChI=1S/C8H5BrN2OS/c9-6-1-2-13-7(6)8-10-3-5(4-12)11-8/h1-4H,(H,10,11). The van der Waals surface area contributed by atoms with E-state index in [4.69, 9.17) is 0 Å². The number of hydrogen-bond acceptors (Lipinski definition) is 3. The van der Waals surface area contributed by atoms with Crippen LogP contribution >= 0.6 is 27.3 Å². The van der Waals surface area contributed by atoms with Crippen molar-refractivity contribution in [2.45, 2.75) is 0 Å². The number of imidazole rings is 1. The molecule has 13 heavy (non-hydrogen) atoms. The number of aromatic amines is 1. The summed E-state index contributed by atoms with van der Waals surface area (Å²) in [7, 11) is 0. The molecule has 0 saturated carbocycles. The van der Waals surface area contributed by atoms with Gasteiger partial charge in [-0.3, -0.25) is 4.79 Å². The van der Waals surface area contributed by atoms with Gasteiger partial charge in [0.1, 0.15) is 11.5 Å². The number of nitrogens with one attached hydrogen (secondary N) is 1.